The van der Waals surface area contributed by atoms with Gasteiger partial charge in [0, 0.05) is 35.3 Å². The molecule has 1 aliphatic heterocycles. The van der Waals surface area contributed by atoms with E-state index in [0.717, 1.165) is 30.5 Å². The number of aromatic amines is 1. The Hall–Kier alpha value is -3.05. The minimum Gasteiger partial charge on any atom is -0.473 e. The van der Waals surface area contributed by atoms with Crippen LogP contribution >= 0.6 is 0 Å². The van der Waals surface area contributed by atoms with Crippen LogP contribution in [0.4, 0.5) is 15.9 Å². The Kier molecular flexibility index (Phi) is 5.25. The number of fused-ring (bicyclic) bond motifs is 1. The minimum atomic E-state index is -3.62. The number of sulfonamides is 1. The van der Waals surface area contributed by atoms with E-state index in [0.29, 0.717) is 17.6 Å². The van der Waals surface area contributed by atoms with Gasteiger partial charge in [0.1, 0.15) is 6.10 Å². The van der Waals surface area contributed by atoms with Gasteiger partial charge >= 0.3 is 0 Å². The van der Waals surface area contributed by atoms with Crippen LogP contribution in [-0.2, 0) is 16.6 Å². The molecule has 1 aromatic carbocycles. The summed E-state index contributed by atoms with van der Waals surface area (Å²) in [6.45, 7) is -0.0530. The number of anilines is 2. The zero-order valence-corrected chi connectivity index (χ0v) is 19.2. The zero-order chi connectivity index (χ0) is 23.3. The van der Waals surface area contributed by atoms with Crippen molar-refractivity contribution in [2.75, 3.05) is 5.32 Å². The molecule has 2 aromatic heterocycles. The Morgan fingerprint density at radius 1 is 1.12 bits per heavy atom. The summed E-state index contributed by atoms with van der Waals surface area (Å²) in [4.78, 5) is -0.0150. The summed E-state index contributed by atoms with van der Waals surface area (Å²) in [5.41, 5.74) is 2.45. The molecule has 0 bridgehead atoms. The van der Waals surface area contributed by atoms with E-state index in [1.54, 1.807) is 6.20 Å². The van der Waals surface area contributed by atoms with E-state index in [-0.39, 0.29) is 34.7 Å². The SMILES string of the molecule is O=S1(=O)NCc2c1ccc(Nc1cc([C@H]3CC[C@@H](Oc4nnccc4C4CCC4)C3)[nH]n1)c2F. The minimum absolute atomic E-state index is 0.0150. The first-order valence-corrected chi connectivity index (χ1v) is 13.1. The van der Waals surface area contributed by atoms with Crippen LogP contribution in [0.25, 0.3) is 0 Å². The second kappa shape index (κ2) is 8.31. The molecule has 6 rings (SSSR count). The molecule has 3 aliphatic rings. The molecular formula is C23H25FN6O3S. The van der Waals surface area contributed by atoms with Crippen LogP contribution in [0.1, 0.15) is 67.2 Å². The largest absolute Gasteiger partial charge is 0.473 e. The first-order chi connectivity index (χ1) is 16.5. The molecule has 0 amide bonds. The molecule has 2 saturated carbocycles. The van der Waals surface area contributed by atoms with Crippen LogP contribution in [0.5, 0.6) is 5.88 Å². The maximum Gasteiger partial charge on any atom is 0.241 e. The number of benzene rings is 1. The fourth-order valence-electron chi connectivity index (χ4n) is 5.05. The third-order valence-electron chi connectivity index (χ3n) is 7.15. The van der Waals surface area contributed by atoms with E-state index in [1.165, 1.54) is 31.4 Å². The molecule has 0 spiro atoms. The highest BCUT2D eigenvalue weighted by atomic mass is 32.2. The summed E-state index contributed by atoms with van der Waals surface area (Å²) in [5, 5.41) is 18.6. The number of halogens is 1. The van der Waals surface area contributed by atoms with Gasteiger partial charge in [0.15, 0.2) is 11.6 Å². The van der Waals surface area contributed by atoms with E-state index < -0.39 is 15.8 Å². The van der Waals surface area contributed by atoms with E-state index in [1.807, 2.05) is 12.1 Å². The van der Waals surface area contributed by atoms with Crippen molar-refractivity contribution in [3.63, 3.8) is 0 Å². The predicted molar refractivity (Wildman–Crippen MR) is 122 cm³/mol. The smallest absolute Gasteiger partial charge is 0.241 e. The van der Waals surface area contributed by atoms with Crippen LogP contribution in [0.15, 0.2) is 35.4 Å². The molecule has 0 radical (unpaired) electrons. The number of rotatable bonds is 6. The van der Waals surface area contributed by atoms with Gasteiger partial charge in [-0.3, -0.25) is 5.10 Å². The number of nitrogens with one attached hydrogen (secondary N) is 3. The lowest BCUT2D eigenvalue weighted by Gasteiger charge is -2.27. The van der Waals surface area contributed by atoms with Gasteiger partial charge in [0.05, 0.1) is 16.8 Å². The standard InChI is InChI=1S/C23H25FN6O3S/c24-22-17-12-26-34(31,32)20(17)7-6-18(22)27-21-11-19(28-29-21)14-4-5-15(10-14)33-23-16(8-9-25-30-23)13-2-1-3-13/h6-9,11,13-15,26H,1-5,10,12H2,(H2,27,28,29)/t14-,15+/m0/s1. The number of hydrogen-bond donors (Lipinski definition) is 3. The first kappa shape index (κ1) is 21.5. The number of nitrogens with zero attached hydrogens (tertiary/aromatic N) is 3. The fraction of sp³-hybridized carbons (Fsp3) is 0.435. The van der Waals surface area contributed by atoms with Gasteiger partial charge in [-0.25, -0.2) is 17.5 Å². The Bertz CT molecular complexity index is 1340. The second-order valence-corrected chi connectivity index (χ2v) is 11.0. The normalized spacial score (nSPS) is 23.4. The van der Waals surface area contributed by atoms with Crippen molar-refractivity contribution in [1.29, 1.82) is 0 Å². The summed E-state index contributed by atoms with van der Waals surface area (Å²) in [6, 6.07) is 6.73. The van der Waals surface area contributed by atoms with Crippen molar-refractivity contribution in [1.82, 2.24) is 25.1 Å². The quantitative estimate of drug-likeness (QED) is 0.486. The lowest BCUT2D eigenvalue weighted by molar-refractivity contribution is 0.191. The summed E-state index contributed by atoms with van der Waals surface area (Å²) in [6.07, 6.45) is 8.08. The third-order valence-corrected chi connectivity index (χ3v) is 8.64. The number of ether oxygens (including phenoxy) is 1. The Morgan fingerprint density at radius 3 is 2.82 bits per heavy atom. The highest BCUT2D eigenvalue weighted by Crippen LogP contribution is 2.42. The van der Waals surface area contributed by atoms with E-state index >= 15 is 0 Å². The van der Waals surface area contributed by atoms with Crippen LogP contribution in [0.3, 0.4) is 0 Å². The first-order valence-electron chi connectivity index (χ1n) is 11.6. The molecular weight excluding hydrogens is 459 g/mol. The van der Waals surface area contributed by atoms with Crippen LogP contribution in [0, 0.1) is 5.82 Å². The van der Waals surface area contributed by atoms with Crippen LogP contribution in [0.2, 0.25) is 0 Å². The van der Waals surface area contributed by atoms with Crippen molar-refractivity contribution in [3.8, 4) is 5.88 Å². The van der Waals surface area contributed by atoms with Crippen molar-refractivity contribution in [2.45, 2.75) is 67.9 Å². The number of H-pyrrole nitrogens is 1. The van der Waals surface area contributed by atoms with Gasteiger partial charge in [0.25, 0.3) is 0 Å². The van der Waals surface area contributed by atoms with Gasteiger partial charge < -0.3 is 10.1 Å². The number of hydrogen-bond acceptors (Lipinski definition) is 7. The van der Waals surface area contributed by atoms with Gasteiger partial charge in [-0.15, -0.1) is 5.10 Å². The second-order valence-electron chi connectivity index (χ2n) is 9.23. The van der Waals surface area contributed by atoms with Gasteiger partial charge in [-0.1, -0.05) is 6.42 Å². The Morgan fingerprint density at radius 2 is 2.00 bits per heavy atom. The monoisotopic (exact) mass is 484 g/mol. The molecule has 178 valence electrons. The van der Waals surface area contributed by atoms with E-state index in [2.05, 4.69) is 30.4 Å². The molecule has 34 heavy (non-hydrogen) atoms. The molecule has 3 N–H and O–H groups in total. The topological polar surface area (TPSA) is 122 Å². The van der Waals surface area contributed by atoms with Crippen molar-refractivity contribution < 1.29 is 17.5 Å². The molecule has 2 fully saturated rings. The van der Waals surface area contributed by atoms with E-state index in [9.17, 15) is 12.8 Å². The molecule has 3 heterocycles. The predicted octanol–water partition coefficient (Wildman–Crippen LogP) is 3.86. The summed E-state index contributed by atoms with van der Waals surface area (Å²) >= 11 is 0. The van der Waals surface area contributed by atoms with E-state index in [4.69, 9.17) is 4.74 Å². The van der Waals surface area contributed by atoms with Crippen molar-refractivity contribution in [3.05, 3.63) is 53.1 Å². The maximum absolute atomic E-state index is 14.9. The average Bonchev–Trinajstić information content (AvgIpc) is 3.50. The molecule has 2 atom stereocenters. The highest BCUT2D eigenvalue weighted by molar-refractivity contribution is 7.89. The maximum atomic E-state index is 14.9. The zero-order valence-electron chi connectivity index (χ0n) is 18.4. The fourth-order valence-corrected chi connectivity index (χ4v) is 6.27. The van der Waals surface area contributed by atoms with Gasteiger partial charge in [0.2, 0.25) is 15.9 Å². The molecule has 0 saturated heterocycles. The van der Waals surface area contributed by atoms with Crippen molar-refractivity contribution in [2.24, 2.45) is 0 Å². The van der Waals surface area contributed by atoms with Gasteiger partial charge in [-0.05, 0) is 56.2 Å². The number of aromatic nitrogens is 4. The summed E-state index contributed by atoms with van der Waals surface area (Å²) in [5.74, 6) is 1.33. The summed E-state index contributed by atoms with van der Waals surface area (Å²) in [7, 11) is -3.62. The lowest BCUT2D eigenvalue weighted by atomic mass is 9.80. The van der Waals surface area contributed by atoms with Crippen molar-refractivity contribution >= 4 is 21.5 Å². The molecule has 0 unspecified atom stereocenters. The Balaban J connectivity index is 1.12. The highest BCUT2D eigenvalue weighted by Gasteiger charge is 2.32. The molecule has 11 heteroatoms. The van der Waals surface area contributed by atoms with Crippen LogP contribution < -0.4 is 14.8 Å². The lowest BCUT2D eigenvalue weighted by Crippen LogP contribution is -2.17. The third kappa shape index (κ3) is 3.82. The molecule has 2 aliphatic carbocycles. The summed E-state index contributed by atoms with van der Waals surface area (Å²) < 4.78 is 47.3. The Labute approximate surface area is 196 Å². The average molecular weight is 485 g/mol. The molecule has 3 aromatic rings. The van der Waals surface area contributed by atoms with Gasteiger partial charge in [-0.2, -0.15) is 10.2 Å². The van der Waals surface area contributed by atoms with Crippen LogP contribution in [-0.4, -0.2) is 34.9 Å². The molecule has 9 nitrogen and oxygen atoms in total.